The first-order valence-corrected chi connectivity index (χ1v) is 9.02. The highest BCUT2D eigenvalue weighted by Crippen LogP contribution is 2.44. The Morgan fingerprint density at radius 3 is 2.55 bits per heavy atom. The summed E-state index contributed by atoms with van der Waals surface area (Å²) in [5, 5.41) is 3.65. The first-order valence-electron chi connectivity index (χ1n) is 9.02. The van der Waals surface area contributed by atoms with Crippen LogP contribution in [-0.2, 0) is 4.74 Å². The van der Waals surface area contributed by atoms with Crippen molar-refractivity contribution in [1.29, 1.82) is 0 Å². The maximum Gasteiger partial charge on any atom is 0.0687 e. The first-order chi connectivity index (χ1) is 9.63. The summed E-state index contributed by atoms with van der Waals surface area (Å²) in [6, 6.07) is 0. The van der Waals surface area contributed by atoms with Gasteiger partial charge in [0, 0.05) is 0 Å². The van der Waals surface area contributed by atoms with E-state index >= 15 is 0 Å². The second kappa shape index (κ2) is 7.79. The zero-order valence-electron chi connectivity index (χ0n) is 13.9. The maximum absolute atomic E-state index is 6.49. The molecule has 0 bridgehead atoms. The van der Waals surface area contributed by atoms with E-state index in [1.165, 1.54) is 64.3 Å². The summed E-state index contributed by atoms with van der Waals surface area (Å²) in [6.45, 7) is 9.20. The summed E-state index contributed by atoms with van der Waals surface area (Å²) in [6.07, 6.45) is 12.5. The molecule has 2 atom stereocenters. The topological polar surface area (TPSA) is 21.3 Å². The van der Waals surface area contributed by atoms with Crippen molar-refractivity contribution < 1.29 is 4.74 Å². The van der Waals surface area contributed by atoms with Crippen LogP contribution in [0.4, 0.5) is 0 Å². The number of rotatable bonds is 8. The number of hydrogen-bond donors (Lipinski definition) is 1. The summed E-state index contributed by atoms with van der Waals surface area (Å²) >= 11 is 0. The molecule has 1 aliphatic heterocycles. The zero-order valence-corrected chi connectivity index (χ0v) is 13.9. The van der Waals surface area contributed by atoms with Crippen LogP contribution < -0.4 is 5.32 Å². The Balaban J connectivity index is 1.73. The highest BCUT2D eigenvalue weighted by Gasteiger charge is 2.42. The molecule has 1 saturated heterocycles. The Morgan fingerprint density at radius 1 is 1.15 bits per heavy atom. The minimum atomic E-state index is 0.312. The Kier molecular flexibility index (Phi) is 6.35. The quantitative estimate of drug-likeness (QED) is 0.706. The smallest absolute Gasteiger partial charge is 0.0687 e. The van der Waals surface area contributed by atoms with Crippen LogP contribution in [0, 0.1) is 11.8 Å². The Bertz CT molecular complexity index is 271. The summed E-state index contributed by atoms with van der Waals surface area (Å²) < 4.78 is 6.49. The van der Waals surface area contributed by atoms with Gasteiger partial charge >= 0.3 is 0 Å². The van der Waals surface area contributed by atoms with Crippen LogP contribution in [0.3, 0.4) is 0 Å². The van der Waals surface area contributed by atoms with Gasteiger partial charge in [0.05, 0.1) is 11.7 Å². The van der Waals surface area contributed by atoms with Gasteiger partial charge in [-0.2, -0.15) is 0 Å². The molecule has 20 heavy (non-hydrogen) atoms. The Hall–Kier alpha value is -0.0800. The SMILES string of the molecule is CCCC(CNCC(C)C)CC1CCC2(CCCC2)O1. The van der Waals surface area contributed by atoms with Crippen LogP contribution in [-0.4, -0.2) is 24.8 Å². The number of nitrogens with one attached hydrogen (secondary N) is 1. The van der Waals surface area contributed by atoms with Crippen molar-refractivity contribution in [3.63, 3.8) is 0 Å². The summed E-state index contributed by atoms with van der Waals surface area (Å²) in [7, 11) is 0. The largest absolute Gasteiger partial charge is 0.372 e. The van der Waals surface area contributed by atoms with Crippen molar-refractivity contribution in [3.8, 4) is 0 Å². The molecule has 1 heterocycles. The van der Waals surface area contributed by atoms with Gasteiger partial charge in [0.1, 0.15) is 0 Å². The maximum atomic E-state index is 6.49. The van der Waals surface area contributed by atoms with E-state index in [1.807, 2.05) is 0 Å². The lowest BCUT2D eigenvalue weighted by molar-refractivity contribution is -0.0445. The standard InChI is InChI=1S/C18H35NO/c1-4-7-16(14-19-13-15(2)3)12-17-8-11-18(20-17)9-5-6-10-18/h15-17,19H,4-14H2,1-3H3. The second-order valence-corrected chi connectivity index (χ2v) is 7.61. The van der Waals surface area contributed by atoms with E-state index in [2.05, 4.69) is 26.1 Å². The van der Waals surface area contributed by atoms with Gasteiger partial charge in [0.2, 0.25) is 0 Å². The van der Waals surface area contributed by atoms with E-state index in [-0.39, 0.29) is 0 Å². The van der Waals surface area contributed by atoms with Crippen molar-refractivity contribution in [1.82, 2.24) is 5.32 Å². The predicted octanol–water partition coefficient (Wildman–Crippen LogP) is 4.53. The molecule has 0 amide bonds. The van der Waals surface area contributed by atoms with Gasteiger partial charge in [-0.05, 0) is 63.5 Å². The highest BCUT2D eigenvalue weighted by molar-refractivity contribution is 4.93. The van der Waals surface area contributed by atoms with Gasteiger partial charge in [-0.25, -0.2) is 0 Å². The lowest BCUT2D eigenvalue weighted by Gasteiger charge is -2.26. The van der Waals surface area contributed by atoms with Gasteiger partial charge in [0.15, 0.2) is 0 Å². The van der Waals surface area contributed by atoms with Crippen molar-refractivity contribution in [2.45, 2.75) is 90.3 Å². The van der Waals surface area contributed by atoms with E-state index in [1.54, 1.807) is 0 Å². The monoisotopic (exact) mass is 281 g/mol. The fraction of sp³-hybridized carbons (Fsp3) is 1.00. The van der Waals surface area contributed by atoms with E-state index in [4.69, 9.17) is 4.74 Å². The van der Waals surface area contributed by atoms with Crippen molar-refractivity contribution in [3.05, 3.63) is 0 Å². The molecular weight excluding hydrogens is 246 g/mol. The zero-order chi connectivity index (χ0) is 14.4. The lowest BCUT2D eigenvalue weighted by Crippen LogP contribution is -2.30. The summed E-state index contributed by atoms with van der Waals surface area (Å²) in [5.74, 6) is 1.56. The molecule has 0 aromatic heterocycles. The fourth-order valence-electron chi connectivity index (χ4n) is 4.11. The minimum Gasteiger partial charge on any atom is -0.372 e. The van der Waals surface area contributed by atoms with Crippen LogP contribution in [0.15, 0.2) is 0 Å². The molecule has 0 radical (unpaired) electrons. The minimum absolute atomic E-state index is 0.312. The van der Waals surface area contributed by atoms with Crippen LogP contribution >= 0.6 is 0 Å². The average Bonchev–Trinajstić information content (AvgIpc) is 3.00. The number of hydrogen-bond acceptors (Lipinski definition) is 2. The molecule has 1 spiro atoms. The van der Waals surface area contributed by atoms with Crippen LogP contribution in [0.5, 0.6) is 0 Å². The number of ether oxygens (including phenoxy) is 1. The molecule has 2 rings (SSSR count). The third kappa shape index (κ3) is 4.73. The molecule has 1 saturated carbocycles. The lowest BCUT2D eigenvalue weighted by atomic mass is 9.93. The summed E-state index contributed by atoms with van der Waals surface area (Å²) in [4.78, 5) is 0. The molecule has 0 aromatic carbocycles. The average molecular weight is 281 g/mol. The van der Waals surface area contributed by atoms with E-state index < -0.39 is 0 Å². The second-order valence-electron chi connectivity index (χ2n) is 7.61. The van der Waals surface area contributed by atoms with Gasteiger partial charge in [-0.3, -0.25) is 0 Å². The van der Waals surface area contributed by atoms with Crippen LogP contribution in [0.25, 0.3) is 0 Å². The fourth-order valence-corrected chi connectivity index (χ4v) is 4.11. The predicted molar refractivity (Wildman–Crippen MR) is 86.0 cm³/mol. The van der Waals surface area contributed by atoms with Crippen LogP contribution in [0.1, 0.15) is 78.6 Å². The molecule has 2 fully saturated rings. The van der Waals surface area contributed by atoms with E-state index in [0.717, 1.165) is 18.4 Å². The third-order valence-electron chi connectivity index (χ3n) is 5.13. The highest BCUT2D eigenvalue weighted by atomic mass is 16.5. The molecule has 1 N–H and O–H groups in total. The third-order valence-corrected chi connectivity index (χ3v) is 5.13. The Morgan fingerprint density at radius 2 is 1.90 bits per heavy atom. The summed E-state index contributed by atoms with van der Waals surface area (Å²) in [5.41, 5.74) is 0.312. The molecule has 1 aliphatic carbocycles. The van der Waals surface area contributed by atoms with E-state index in [9.17, 15) is 0 Å². The normalized spacial score (nSPS) is 26.7. The molecular formula is C18H35NO. The molecule has 2 unspecified atom stereocenters. The van der Waals surface area contributed by atoms with Gasteiger partial charge in [0.25, 0.3) is 0 Å². The van der Waals surface area contributed by atoms with Crippen molar-refractivity contribution in [2.75, 3.05) is 13.1 Å². The molecule has 2 nitrogen and oxygen atoms in total. The van der Waals surface area contributed by atoms with Crippen molar-refractivity contribution >= 4 is 0 Å². The van der Waals surface area contributed by atoms with Gasteiger partial charge < -0.3 is 10.1 Å². The van der Waals surface area contributed by atoms with E-state index in [0.29, 0.717) is 11.7 Å². The van der Waals surface area contributed by atoms with Gasteiger partial charge in [-0.15, -0.1) is 0 Å². The molecule has 0 aromatic rings. The van der Waals surface area contributed by atoms with Crippen LogP contribution in [0.2, 0.25) is 0 Å². The Labute approximate surface area is 126 Å². The molecule has 118 valence electrons. The first kappa shape index (κ1) is 16.3. The van der Waals surface area contributed by atoms with Crippen molar-refractivity contribution in [2.24, 2.45) is 11.8 Å². The molecule has 2 heteroatoms. The molecule has 2 aliphatic rings. The van der Waals surface area contributed by atoms with Gasteiger partial charge in [-0.1, -0.05) is 40.0 Å².